The lowest BCUT2D eigenvalue weighted by atomic mass is 9.83. The summed E-state index contributed by atoms with van der Waals surface area (Å²) in [6.45, 7) is 8.53. The minimum atomic E-state index is -4.01. The van der Waals surface area contributed by atoms with Crippen LogP contribution in [0.15, 0.2) is 246 Å². The molecule has 13 amide bonds. The van der Waals surface area contributed by atoms with Gasteiger partial charge in [0.2, 0.25) is 35.4 Å². The molecule has 11 rings (SSSR count). The van der Waals surface area contributed by atoms with Gasteiger partial charge < -0.3 is 73.1 Å². The summed E-state index contributed by atoms with van der Waals surface area (Å²) in [5.74, 6) is -10.7. The van der Waals surface area contributed by atoms with Crippen LogP contribution >= 0.6 is 0 Å². The van der Waals surface area contributed by atoms with E-state index in [1.54, 1.807) is 74.5 Å². The number of benzene rings is 8. The summed E-state index contributed by atoms with van der Waals surface area (Å²) in [6, 6.07) is 55.3. The van der Waals surface area contributed by atoms with Gasteiger partial charge in [-0.1, -0.05) is 310 Å². The number of hydrogen-bond acceptors (Lipinski definition) is 23. The molecule has 2 saturated carbocycles. The van der Waals surface area contributed by atoms with Crippen molar-refractivity contribution >= 4 is 114 Å². The number of carbonyl (C=O) groups is 13. The van der Waals surface area contributed by atoms with Crippen LogP contribution in [-0.2, 0) is 77.1 Å². The number of ether oxygens (including phenoxy) is 2. The normalized spacial score (nSPS) is 15.2. The SMILES string of the molecule is CCC[C@H](NC(=O)[C@H](CS(C)(=O)=O)NC(=O)[C@@H](N=C([O-])OCC1c2ccccc2-c2ccccc21)C1CCCCC1)C(=NNC(=O)NC(c1ccccc1)c1ccccc1)C(=O)NCC(=O)N[C@H](C(C)=O)c1ccccc1.CCC[C@H](NC(=O)[C@H](CS(C)(=O)=O)NC(=O)[C@@H](NC(=O)OCC(C)C)C1CCCCC1)C(=NNC(=O)NC(c1ccccc1)c1ccccc1)C(=O)NCC(=O)N[C@H](C(C)=O)c1ccccc1. The van der Waals surface area contributed by atoms with Gasteiger partial charge in [-0.05, 0) is 126 Å². The minimum absolute atomic E-state index is 0.00802. The molecule has 0 aromatic heterocycles. The zero-order valence-electron chi connectivity index (χ0n) is 82.0. The fourth-order valence-corrected chi connectivity index (χ4v) is 19.2. The Bertz CT molecular complexity index is 5920. The van der Waals surface area contributed by atoms with Crippen LogP contribution < -0.4 is 74.4 Å². The second-order valence-corrected chi connectivity index (χ2v) is 40.7. The summed E-state index contributed by atoms with van der Waals surface area (Å²) in [4.78, 5) is 182. The van der Waals surface area contributed by atoms with Gasteiger partial charge in [0.1, 0.15) is 73.4 Å². The fourth-order valence-electron chi connectivity index (χ4n) is 17.5. The van der Waals surface area contributed by atoms with E-state index in [9.17, 15) is 84.3 Å². The monoisotopic (exact) mass is 2010 g/mol. The van der Waals surface area contributed by atoms with Gasteiger partial charge in [-0.3, -0.25) is 52.9 Å². The van der Waals surface area contributed by atoms with E-state index < -0.39 is 194 Å². The van der Waals surface area contributed by atoms with Crippen LogP contribution in [0.3, 0.4) is 0 Å². The molecule has 36 nitrogen and oxygen atoms in total. The van der Waals surface area contributed by atoms with Crippen molar-refractivity contribution < 1.29 is 93.7 Å². The summed E-state index contributed by atoms with van der Waals surface area (Å²) in [5, 5.41) is 51.0. The van der Waals surface area contributed by atoms with Crippen LogP contribution in [0.1, 0.15) is 206 Å². The smallest absolute Gasteiger partial charge is 0.407 e. The molecule has 0 spiro atoms. The molecule has 0 radical (unpaired) electrons. The van der Waals surface area contributed by atoms with Crippen molar-refractivity contribution in [1.29, 1.82) is 0 Å². The number of alkyl carbamates (subject to hydrolysis) is 1. The van der Waals surface area contributed by atoms with Gasteiger partial charge in [0, 0.05) is 25.0 Å². The molecule has 144 heavy (non-hydrogen) atoms. The van der Waals surface area contributed by atoms with E-state index in [-0.39, 0.29) is 55.4 Å². The topological polar surface area (TPSA) is 525 Å². The Kier molecular flexibility index (Phi) is 42.9. The van der Waals surface area contributed by atoms with E-state index in [1.165, 1.54) is 13.8 Å². The van der Waals surface area contributed by atoms with E-state index in [2.05, 4.69) is 84.5 Å². The van der Waals surface area contributed by atoms with Crippen molar-refractivity contribution in [3.05, 3.63) is 275 Å². The third-order valence-corrected chi connectivity index (χ3v) is 26.3. The number of urea groups is 2. The van der Waals surface area contributed by atoms with Crippen LogP contribution in [-0.4, -0.2) is 198 Å². The first kappa shape index (κ1) is 111. The summed E-state index contributed by atoms with van der Waals surface area (Å²) >= 11 is 0. The van der Waals surface area contributed by atoms with Crippen molar-refractivity contribution in [3.8, 4) is 11.1 Å². The van der Waals surface area contributed by atoms with Crippen molar-refractivity contribution in [2.45, 2.75) is 198 Å². The van der Waals surface area contributed by atoms with E-state index in [0.29, 0.717) is 49.7 Å². The number of carbonyl (C=O) groups excluding carboxylic acids is 13. The number of nitrogens with zero attached hydrogens (tertiary/aromatic N) is 3. The lowest BCUT2D eigenvalue weighted by Gasteiger charge is -2.31. The van der Waals surface area contributed by atoms with Gasteiger partial charge in [0.05, 0.1) is 55.4 Å². The molecule has 3 aliphatic carbocycles. The van der Waals surface area contributed by atoms with Gasteiger partial charge in [0.25, 0.3) is 11.8 Å². The van der Waals surface area contributed by atoms with Crippen molar-refractivity contribution in [2.75, 3.05) is 50.3 Å². The van der Waals surface area contributed by atoms with Gasteiger partial charge >= 0.3 is 18.2 Å². The quantitative estimate of drug-likeness (QED) is 0.00959. The molecule has 0 heterocycles. The van der Waals surface area contributed by atoms with Crippen LogP contribution in [0.5, 0.6) is 0 Å². The Hall–Kier alpha value is -14.8. The second kappa shape index (κ2) is 55.6. The van der Waals surface area contributed by atoms with Crippen LogP contribution in [0.25, 0.3) is 11.1 Å². The minimum Gasteiger partial charge on any atom is -0.599 e. The average Bonchev–Trinajstić information content (AvgIpc) is 1.61. The van der Waals surface area contributed by atoms with Crippen LogP contribution in [0, 0.1) is 17.8 Å². The molecule has 766 valence electrons. The standard InChI is InChI=1S/C58H66N8O10S.C48H64N8O10S/c1-4-21-47(53(55(70)59-34-49(68)62-50(37(2)67)38-22-9-5-10-23-38)65-66-57(72)63-51(39-24-11-6-12-25-39)40-26-13-7-14-27-40)60-54(69)48(36-77(3,74)75)61-56(71)52(41-28-15-8-16-29-41)64-58(73)76-35-46-44-32-19-17-30-42(44)43-31-18-20-33-45(43)46;1-6-19-37(50-44(59)38(30-67(5,64)65)51-46(61)42(36-26-17-10-18-27-36)54-48(63)66-29-31(2)3)43(45(60)49-28-39(58)52-40(32(4)57)33-20-11-7-12-21-33)55-56-47(62)53-41(34-22-13-8-14-23-34)35-24-15-9-16-25-35/h5-7,9-14,17-20,22-27,30-33,41,46-48,50-52H,4,8,15-16,21,28-29,34-36H2,1-3H3,(H,59,70)(H,60,69)(H,61,71)(H,62,68)(H,64,73)(H2,63,66,72);7-9,11-16,20-25,31,36-38,40-42H,6,10,17-19,26-30H2,1-5H3,(H,49,60)(H,50,59)(H,51,61)(H,52,58)(H,54,63)(H2,53,56,62)/p-1/t47-,48-,50+,52-;37-,38-,40+,42-/m00/s1. The van der Waals surface area contributed by atoms with E-state index in [0.717, 1.165) is 95.5 Å². The number of rotatable bonds is 46. The van der Waals surface area contributed by atoms with Gasteiger partial charge in [-0.2, -0.15) is 10.2 Å². The number of Topliss-reactive ketones (excluding diaryl/α,β-unsaturated/α-hetero) is 2. The predicted molar refractivity (Wildman–Crippen MR) is 544 cm³/mol. The number of amides is 13. The van der Waals surface area contributed by atoms with Crippen molar-refractivity contribution in [1.82, 2.24) is 69.3 Å². The Morgan fingerprint density at radius 3 is 1.09 bits per heavy atom. The Morgan fingerprint density at radius 2 is 0.736 bits per heavy atom. The molecule has 13 N–H and O–H groups in total. The molecule has 0 bridgehead atoms. The maximum absolute atomic E-state index is 14.5. The largest absolute Gasteiger partial charge is 0.599 e. The molecule has 0 unspecified atom stereocenters. The molecular weight excluding hydrogens is 1880 g/mol. The summed E-state index contributed by atoms with van der Waals surface area (Å²) in [5.41, 5.74) is 11.7. The zero-order valence-corrected chi connectivity index (χ0v) is 83.6. The number of sulfone groups is 2. The molecule has 8 aromatic rings. The summed E-state index contributed by atoms with van der Waals surface area (Å²) < 4.78 is 62.7. The lowest BCUT2D eigenvalue weighted by molar-refractivity contribution is -0.251. The molecule has 0 saturated heterocycles. The molecule has 8 atom stereocenters. The molecular formula is C106H129N16O20S2-. The fraction of sp³-hybridized carbons (Fsp3) is 0.396. The predicted octanol–water partition coefficient (Wildman–Crippen LogP) is 9.44. The Balaban J connectivity index is 0.000000299. The second-order valence-electron chi connectivity index (χ2n) is 36.4. The number of fused-ring (bicyclic) bond motifs is 3. The first-order chi connectivity index (χ1) is 69.0. The summed E-state index contributed by atoms with van der Waals surface area (Å²) in [6.07, 6.45) is 7.78. The number of aliphatic imine (C=N–C) groups is 1. The third-order valence-electron chi connectivity index (χ3n) is 24.4. The zero-order chi connectivity index (χ0) is 104. The highest BCUT2D eigenvalue weighted by Crippen LogP contribution is 2.45. The van der Waals surface area contributed by atoms with E-state index in [1.807, 2.05) is 184 Å². The molecule has 8 aromatic carbocycles. The van der Waals surface area contributed by atoms with Gasteiger partial charge in [0.15, 0.2) is 11.6 Å². The number of nitrogens with one attached hydrogen (secondary N) is 13. The third kappa shape index (κ3) is 34.8. The van der Waals surface area contributed by atoms with Crippen molar-refractivity contribution in [3.63, 3.8) is 0 Å². The van der Waals surface area contributed by atoms with Crippen LogP contribution in [0.4, 0.5) is 14.4 Å². The highest BCUT2D eigenvalue weighted by molar-refractivity contribution is 7.91. The summed E-state index contributed by atoms with van der Waals surface area (Å²) in [7, 11) is -7.97. The molecule has 38 heteroatoms. The Morgan fingerprint density at radius 1 is 0.396 bits per heavy atom. The average molecular weight is 2010 g/mol. The first-order valence-electron chi connectivity index (χ1n) is 48.3. The lowest BCUT2D eigenvalue weighted by Crippen LogP contribution is -2.60. The van der Waals surface area contributed by atoms with E-state index in [4.69, 9.17) is 9.47 Å². The Labute approximate surface area is 839 Å². The highest BCUT2D eigenvalue weighted by Gasteiger charge is 2.40. The molecule has 2 fully saturated rings. The first-order valence-corrected chi connectivity index (χ1v) is 52.5. The van der Waals surface area contributed by atoms with Gasteiger partial charge in [-0.25, -0.2) is 42.1 Å². The maximum Gasteiger partial charge on any atom is 0.407 e. The van der Waals surface area contributed by atoms with Crippen LogP contribution in [0.2, 0.25) is 0 Å². The molecule has 3 aliphatic rings. The number of ketones is 2. The molecule has 0 aliphatic heterocycles. The van der Waals surface area contributed by atoms with E-state index >= 15 is 0 Å². The van der Waals surface area contributed by atoms with Crippen molar-refractivity contribution in [2.24, 2.45) is 32.9 Å². The number of hydrogen-bond donors (Lipinski definition) is 13. The van der Waals surface area contributed by atoms with Gasteiger partial charge in [-0.15, -0.1) is 0 Å². The highest BCUT2D eigenvalue weighted by atomic mass is 32.2. The maximum atomic E-state index is 14.5. The number of hydrazone groups is 2.